The summed E-state index contributed by atoms with van der Waals surface area (Å²) < 4.78 is 5.18. The molecule has 6 nitrogen and oxygen atoms in total. The number of ether oxygens (including phenoxy) is 1. The predicted molar refractivity (Wildman–Crippen MR) is 84.7 cm³/mol. The fourth-order valence-electron chi connectivity index (χ4n) is 3.10. The molecule has 114 valence electrons. The highest BCUT2D eigenvalue weighted by Gasteiger charge is 2.34. The lowest BCUT2D eigenvalue weighted by atomic mass is 10.2. The molecule has 1 N–H and O–H groups in total. The number of methoxy groups -OCH3 is 1. The summed E-state index contributed by atoms with van der Waals surface area (Å²) in [4.78, 5) is 8.88. The van der Waals surface area contributed by atoms with Crippen LogP contribution in [0.15, 0.2) is 30.6 Å². The molecule has 2 aromatic rings. The van der Waals surface area contributed by atoms with Gasteiger partial charge in [-0.05, 0) is 24.1 Å². The van der Waals surface area contributed by atoms with Gasteiger partial charge in [-0.25, -0.2) is 15.0 Å². The van der Waals surface area contributed by atoms with E-state index in [1.807, 2.05) is 12.1 Å². The van der Waals surface area contributed by atoms with E-state index in [4.69, 9.17) is 4.74 Å². The van der Waals surface area contributed by atoms with Crippen LogP contribution in [0.5, 0.6) is 5.75 Å². The topological polar surface area (TPSA) is 53.5 Å². The Kier molecular flexibility index (Phi) is 3.31. The fraction of sp³-hybridized carbons (Fsp3) is 0.375. The van der Waals surface area contributed by atoms with Crippen molar-refractivity contribution >= 4 is 11.6 Å². The highest BCUT2D eigenvalue weighted by molar-refractivity contribution is 5.61. The first kappa shape index (κ1) is 13.3. The Morgan fingerprint density at radius 1 is 1.18 bits per heavy atom. The maximum Gasteiger partial charge on any atom is 0.153 e. The highest BCUT2D eigenvalue weighted by Crippen LogP contribution is 2.35. The van der Waals surface area contributed by atoms with Gasteiger partial charge in [-0.3, -0.25) is 5.01 Å². The number of hydrogen-bond donors (Lipinski definition) is 1. The van der Waals surface area contributed by atoms with Crippen molar-refractivity contribution in [3.63, 3.8) is 0 Å². The molecule has 0 unspecified atom stereocenters. The average molecular weight is 297 g/mol. The van der Waals surface area contributed by atoms with Gasteiger partial charge in [0, 0.05) is 19.6 Å². The zero-order chi connectivity index (χ0) is 14.9. The molecule has 0 aliphatic carbocycles. The van der Waals surface area contributed by atoms with E-state index in [1.54, 1.807) is 13.4 Å². The summed E-state index contributed by atoms with van der Waals surface area (Å²) in [5.74, 6) is 2.88. The molecule has 1 aromatic heterocycles. The van der Waals surface area contributed by atoms with E-state index in [-0.39, 0.29) is 0 Å². The maximum atomic E-state index is 5.18. The number of hydrogen-bond acceptors (Lipinski definition) is 6. The van der Waals surface area contributed by atoms with Crippen molar-refractivity contribution in [1.82, 2.24) is 15.0 Å². The van der Waals surface area contributed by atoms with Gasteiger partial charge >= 0.3 is 0 Å². The maximum absolute atomic E-state index is 5.18. The van der Waals surface area contributed by atoms with Gasteiger partial charge in [-0.15, -0.1) is 0 Å². The van der Waals surface area contributed by atoms with Crippen molar-refractivity contribution in [1.29, 1.82) is 0 Å². The average Bonchev–Trinajstić information content (AvgIpc) is 3.15. The molecule has 6 heteroatoms. The van der Waals surface area contributed by atoms with E-state index >= 15 is 0 Å². The van der Waals surface area contributed by atoms with Crippen LogP contribution in [0.1, 0.15) is 17.5 Å². The lowest BCUT2D eigenvalue weighted by molar-refractivity contribution is 0.328. The molecule has 1 fully saturated rings. The third kappa shape index (κ3) is 2.25. The van der Waals surface area contributed by atoms with Crippen molar-refractivity contribution in [3.05, 3.63) is 41.7 Å². The lowest BCUT2D eigenvalue weighted by Crippen LogP contribution is -2.30. The first-order valence-electron chi connectivity index (χ1n) is 7.58. The largest absolute Gasteiger partial charge is 0.497 e. The van der Waals surface area contributed by atoms with E-state index < -0.39 is 0 Å². The lowest BCUT2D eigenvalue weighted by Gasteiger charge is -2.19. The van der Waals surface area contributed by atoms with Crippen molar-refractivity contribution < 1.29 is 4.74 Å². The summed E-state index contributed by atoms with van der Waals surface area (Å²) in [5.41, 5.74) is 2.41. The number of aromatic nitrogens is 2. The van der Waals surface area contributed by atoms with Gasteiger partial charge in [0.15, 0.2) is 5.82 Å². The third-order valence-corrected chi connectivity index (χ3v) is 4.25. The summed E-state index contributed by atoms with van der Waals surface area (Å²) in [6.07, 6.45) is 2.86. The Hall–Kier alpha value is -2.34. The monoisotopic (exact) mass is 297 g/mol. The molecule has 2 aliphatic heterocycles. The Morgan fingerprint density at radius 3 is 2.86 bits per heavy atom. The molecular weight excluding hydrogens is 278 g/mol. The smallest absolute Gasteiger partial charge is 0.153 e. The summed E-state index contributed by atoms with van der Waals surface area (Å²) in [5, 5.41) is 8.06. The quantitative estimate of drug-likeness (QED) is 0.932. The Bertz CT molecular complexity index is 673. The number of hydrazine groups is 1. The van der Waals surface area contributed by atoms with E-state index in [0.29, 0.717) is 0 Å². The molecular formula is C16H19N5O. The second-order valence-electron chi connectivity index (χ2n) is 5.59. The van der Waals surface area contributed by atoms with Gasteiger partial charge in [0.1, 0.15) is 17.9 Å². The molecule has 2 aliphatic rings. The van der Waals surface area contributed by atoms with Gasteiger partial charge in [0.05, 0.1) is 19.2 Å². The van der Waals surface area contributed by atoms with Gasteiger partial charge in [0.25, 0.3) is 0 Å². The zero-order valence-corrected chi connectivity index (χ0v) is 12.6. The molecule has 0 bridgehead atoms. The third-order valence-electron chi connectivity index (χ3n) is 4.25. The Labute approximate surface area is 129 Å². The second-order valence-corrected chi connectivity index (χ2v) is 5.59. The highest BCUT2D eigenvalue weighted by atomic mass is 16.5. The minimum absolute atomic E-state index is 0.743. The fourth-order valence-corrected chi connectivity index (χ4v) is 3.10. The Balaban J connectivity index is 1.51. The molecule has 3 heterocycles. The van der Waals surface area contributed by atoms with Gasteiger partial charge in [-0.2, -0.15) is 0 Å². The molecule has 0 amide bonds. The molecule has 0 radical (unpaired) electrons. The van der Waals surface area contributed by atoms with Crippen molar-refractivity contribution in [2.24, 2.45) is 0 Å². The number of nitrogens with one attached hydrogen (secondary N) is 1. The number of rotatable bonds is 4. The summed E-state index contributed by atoms with van der Waals surface area (Å²) >= 11 is 0. The summed E-state index contributed by atoms with van der Waals surface area (Å²) in [6.45, 7) is 3.81. The van der Waals surface area contributed by atoms with E-state index in [0.717, 1.165) is 43.6 Å². The number of nitrogens with zero attached hydrogens (tertiary/aromatic N) is 4. The normalized spacial score (nSPS) is 16.5. The minimum Gasteiger partial charge on any atom is -0.497 e. The zero-order valence-electron chi connectivity index (χ0n) is 12.6. The molecule has 22 heavy (non-hydrogen) atoms. The van der Waals surface area contributed by atoms with Crippen LogP contribution in [0, 0.1) is 0 Å². The first-order chi connectivity index (χ1) is 10.8. The first-order valence-corrected chi connectivity index (χ1v) is 7.58. The van der Waals surface area contributed by atoms with Crippen molar-refractivity contribution in [3.8, 4) is 5.75 Å². The van der Waals surface area contributed by atoms with Gasteiger partial charge < -0.3 is 10.1 Å². The second kappa shape index (κ2) is 5.46. The summed E-state index contributed by atoms with van der Waals surface area (Å²) in [7, 11) is 1.68. The van der Waals surface area contributed by atoms with Crippen molar-refractivity contribution in [2.75, 3.05) is 30.5 Å². The molecule has 1 aromatic carbocycles. The van der Waals surface area contributed by atoms with Crippen LogP contribution in [0.2, 0.25) is 0 Å². The predicted octanol–water partition coefficient (Wildman–Crippen LogP) is 2.04. The van der Waals surface area contributed by atoms with Gasteiger partial charge in [0.2, 0.25) is 0 Å². The van der Waals surface area contributed by atoms with E-state index in [1.165, 1.54) is 17.5 Å². The van der Waals surface area contributed by atoms with Crippen LogP contribution in [0.25, 0.3) is 0 Å². The molecule has 0 atom stereocenters. The van der Waals surface area contributed by atoms with Crippen LogP contribution in [-0.4, -0.2) is 35.2 Å². The van der Waals surface area contributed by atoms with Gasteiger partial charge in [-0.1, -0.05) is 12.1 Å². The molecule has 0 saturated carbocycles. The summed E-state index contributed by atoms with van der Waals surface area (Å²) in [6, 6.07) is 8.08. The number of anilines is 2. The van der Waals surface area contributed by atoms with Crippen molar-refractivity contribution in [2.45, 2.75) is 19.5 Å². The van der Waals surface area contributed by atoms with E-state index in [9.17, 15) is 0 Å². The molecule has 4 rings (SSSR count). The Morgan fingerprint density at radius 2 is 2.05 bits per heavy atom. The number of fused-ring (bicyclic) bond motifs is 3. The van der Waals surface area contributed by atoms with E-state index in [2.05, 4.69) is 37.4 Å². The SMILES string of the molecule is COc1ccc(CNc2ncnc3c2CN2CCCN32)cc1. The minimum atomic E-state index is 0.743. The molecule has 0 spiro atoms. The van der Waals surface area contributed by atoms with Crippen LogP contribution in [0.3, 0.4) is 0 Å². The standard InChI is InChI=1S/C16H19N5O/c1-22-13-5-3-12(4-6-13)9-17-15-14-10-20-7-2-8-21(20)16(14)19-11-18-15/h3-6,11H,2,7-10H2,1H3,(H,17,18,19). The van der Waals surface area contributed by atoms with Crippen LogP contribution < -0.4 is 15.1 Å². The van der Waals surface area contributed by atoms with Crippen LogP contribution in [0.4, 0.5) is 11.6 Å². The van der Waals surface area contributed by atoms with Crippen LogP contribution >= 0.6 is 0 Å². The van der Waals surface area contributed by atoms with Crippen LogP contribution in [-0.2, 0) is 13.1 Å². The molecule has 1 saturated heterocycles. The number of benzene rings is 1.